The minimum atomic E-state index is -0.0151. The van der Waals surface area contributed by atoms with E-state index >= 15 is 0 Å². The average molecular weight is 311 g/mol. The summed E-state index contributed by atoms with van der Waals surface area (Å²) in [5.41, 5.74) is 2.33. The molecule has 4 heteroatoms. The van der Waals surface area contributed by atoms with Crippen LogP contribution in [0.4, 0.5) is 0 Å². The maximum absolute atomic E-state index is 12.4. The lowest BCUT2D eigenvalue weighted by atomic mass is 10.0. The molecule has 88 valence electrons. The second-order valence-corrected chi connectivity index (χ2v) is 5.26. The molecule has 0 N–H and O–H groups in total. The molecule has 0 saturated heterocycles. The first-order valence-corrected chi connectivity index (χ1v) is 6.78. The Kier molecular flexibility index (Phi) is 3.64. The molecule has 2 aromatic rings. The molecule has 0 saturated carbocycles. The standard InChI is InChI=1S/C13H11BrO2S/c1-8-3-4-12(16-2)9(5-8)13(15)10-6-17-7-11(10)14/h3-7H,1-2H3. The van der Waals surface area contributed by atoms with E-state index in [1.807, 2.05) is 35.9 Å². The van der Waals surface area contributed by atoms with Crippen molar-refractivity contribution in [3.05, 3.63) is 50.1 Å². The Bertz CT molecular complexity index is 560. The van der Waals surface area contributed by atoms with Crippen molar-refractivity contribution in [2.24, 2.45) is 0 Å². The molecule has 17 heavy (non-hydrogen) atoms. The van der Waals surface area contributed by atoms with Crippen LogP contribution in [0.5, 0.6) is 5.75 Å². The fourth-order valence-corrected chi connectivity index (χ4v) is 3.04. The van der Waals surface area contributed by atoms with Crippen LogP contribution < -0.4 is 4.74 Å². The van der Waals surface area contributed by atoms with Gasteiger partial charge in [0.25, 0.3) is 0 Å². The minimum Gasteiger partial charge on any atom is -0.496 e. The third kappa shape index (κ3) is 2.42. The highest BCUT2D eigenvalue weighted by atomic mass is 79.9. The van der Waals surface area contributed by atoms with Gasteiger partial charge >= 0.3 is 0 Å². The Balaban J connectivity index is 2.50. The molecule has 1 aromatic carbocycles. The summed E-state index contributed by atoms with van der Waals surface area (Å²) in [4.78, 5) is 12.4. The molecule has 0 unspecified atom stereocenters. The van der Waals surface area contributed by atoms with Crippen LogP contribution in [0.3, 0.4) is 0 Å². The van der Waals surface area contributed by atoms with Crippen LogP contribution >= 0.6 is 27.3 Å². The molecule has 0 aliphatic heterocycles. The molecule has 1 heterocycles. The number of carbonyl (C=O) groups excluding carboxylic acids is 1. The Morgan fingerprint density at radius 3 is 2.65 bits per heavy atom. The smallest absolute Gasteiger partial charge is 0.198 e. The normalized spacial score (nSPS) is 10.3. The average Bonchev–Trinajstić information content (AvgIpc) is 2.74. The predicted octanol–water partition coefficient (Wildman–Crippen LogP) is 4.06. The topological polar surface area (TPSA) is 26.3 Å². The van der Waals surface area contributed by atoms with Crippen LogP contribution in [-0.2, 0) is 0 Å². The summed E-state index contributed by atoms with van der Waals surface area (Å²) in [6.45, 7) is 1.96. The number of hydrogen-bond acceptors (Lipinski definition) is 3. The van der Waals surface area contributed by atoms with E-state index in [9.17, 15) is 4.79 Å². The lowest BCUT2D eigenvalue weighted by molar-refractivity contribution is 0.103. The second-order valence-electron chi connectivity index (χ2n) is 3.67. The summed E-state index contributed by atoms with van der Waals surface area (Å²) in [7, 11) is 1.57. The van der Waals surface area contributed by atoms with Crippen LogP contribution in [-0.4, -0.2) is 12.9 Å². The number of carbonyl (C=O) groups is 1. The van der Waals surface area contributed by atoms with E-state index in [0.717, 1.165) is 10.0 Å². The van der Waals surface area contributed by atoms with Gasteiger partial charge in [-0.25, -0.2) is 0 Å². The zero-order valence-electron chi connectivity index (χ0n) is 9.49. The van der Waals surface area contributed by atoms with Gasteiger partial charge in [0, 0.05) is 20.8 Å². The van der Waals surface area contributed by atoms with Crippen molar-refractivity contribution in [1.29, 1.82) is 0 Å². The summed E-state index contributed by atoms with van der Waals surface area (Å²) in [6.07, 6.45) is 0. The molecule has 2 nitrogen and oxygen atoms in total. The van der Waals surface area contributed by atoms with E-state index in [0.29, 0.717) is 16.9 Å². The number of rotatable bonds is 3. The zero-order chi connectivity index (χ0) is 12.4. The SMILES string of the molecule is COc1ccc(C)cc1C(=O)c1cscc1Br. The maximum Gasteiger partial charge on any atom is 0.198 e. The fourth-order valence-electron chi connectivity index (χ4n) is 1.59. The van der Waals surface area contributed by atoms with Crippen LogP contribution in [0.1, 0.15) is 21.5 Å². The van der Waals surface area contributed by atoms with Crippen molar-refractivity contribution in [3.8, 4) is 5.75 Å². The number of halogens is 1. The number of ketones is 1. The molecule has 0 spiro atoms. The number of benzene rings is 1. The highest BCUT2D eigenvalue weighted by Crippen LogP contribution is 2.28. The van der Waals surface area contributed by atoms with E-state index in [-0.39, 0.29) is 5.78 Å². The lowest BCUT2D eigenvalue weighted by Gasteiger charge is -2.08. The first kappa shape index (κ1) is 12.3. The highest BCUT2D eigenvalue weighted by molar-refractivity contribution is 9.10. The molecule has 1 aromatic heterocycles. The van der Waals surface area contributed by atoms with Crippen LogP contribution in [0.2, 0.25) is 0 Å². The van der Waals surface area contributed by atoms with E-state index in [2.05, 4.69) is 15.9 Å². The molecule has 0 atom stereocenters. The largest absolute Gasteiger partial charge is 0.496 e. The summed E-state index contributed by atoms with van der Waals surface area (Å²) >= 11 is 4.88. The van der Waals surface area contributed by atoms with Gasteiger partial charge in [0.1, 0.15) is 5.75 Å². The molecule has 0 amide bonds. The molecular weight excluding hydrogens is 300 g/mol. The van der Waals surface area contributed by atoms with Crippen molar-refractivity contribution in [2.45, 2.75) is 6.92 Å². The molecule has 0 radical (unpaired) electrons. The summed E-state index contributed by atoms with van der Waals surface area (Å²) in [6, 6.07) is 5.60. The molecular formula is C13H11BrO2S. The van der Waals surface area contributed by atoms with Gasteiger partial charge in [-0.1, -0.05) is 11.6 Å². The van der Waals surface area contributed by atoms with Crippen molar-refractivity contribution in [1.82, 2.24) is 0 Å². The van der Waals surface area contributed by atoms with Gasteiger partial charge in [-0.3, -0.25) is 4.79 Å². The first-order chi connectivity index (χ1) is 8.13. The number of thiophene rings is 1. The van der Waals surface area contributed by atoms with E-state index in [1.54, 1.807) is 7.11 Å². The molecule has 0 aliphatic carbocycles. The molecule has 0 aliphatic rings. The third-order valence-electron chi connectivity index (χ3n) is 2.46. The Morgan fingerprint density at radius 1 is 1.29 bits per heavy atom. The zero-order valence-corrected chi connectivity index (χ0v) is 11.9. The van der Waals surface area contributed by atoms with E-state index in [1.165, 1.54) is 11.3 Å². The van der Waals surface area contributed by atoms with Gasteiger partial charge in [-0.15, -0.1) is 0 Å². The van der Waals surface area contributed by atoms with Crippen LogP contribution in [0.25, 0.3) is 0 Å². The predicted molar refractivity (Wildman–Crippen MR) is 73.2 cm³/mol. The van der Waals surface area contributed by atoms with Gasteiger partial charge in [0.2, 0.25) is 0 Å². The molecule has 0 fully saturated rings. The number of hydrogen-bond donors (Lipinski definition) is 0. The van der Waals surface area contributed by atoms with Crippen LogP contribution in [0, 0.1) is 6.92 Å². The van der Waals surface area contributed by atoms with Crippen molar-refractivity contribution < 1.29 is 9.53 Å². The Labute approximate surface area is 112 Å². The quantitative estimate of drug-likeness (QED) is 0.799. The van der Waals surface area contributed by atoms with Crippen molar-refractivity contribution >= 4 is 33.0 Å². The minimum absolute atomic E-state index is 0.0151. The molecule has 2 rings (SSSR count). The van der Waals surface area contributed by atoms with Crippen LogP contribution in [0.15, 0.2) is 33.4 Å². The summed E-state index contributed by atoms with van der Waals surface area (Å²) in [5.74, 6) is 0.595. The van der Waals surface area contributed by atoms with Crippen molar-refractivity contribution in [3.63, 3.8) is 0 Å². The number of methoxy groups -OCH3 is 1. The maximum atomic E-state index is 12.4. The highest BCUT2D eigenvalue weighted by Gasteiger charge is 2.17. The van der Waals surface area contributed by atoms with E-state index < -0.39 is 0 Å². The Hall–Kier alpha value is -1.13. The van der Waals surface area contributed by atoms with Crippen molar-refractivity contribution in [2.75, 3.05) is 7.11 Å². The van der Waals surface area contributed by atoms with Gasteiger partial charge in [0.05, 0.1) is 12.7 Å². The fraction of sp³-hybridized carbons (Fsp3) is 0.154. The second kappa shape index (κ2) is 5.02. The first-order valence-electron chi connectivity index (χ1n) is 5.04. The van der Waals surface area contributed by atoms with Gasteiger partial charge in [-0.2, -0.15) is 11.3 Å². The van der Waals surface area contributed by atoms with E-state index in [4.69, 9.17) is 4.74 Å². The molecule has 0 bridgehead atoms. The van der Waals surface area contributed by atoms with Gasteiger partial charge < -0.3 is 4.74 Å². The monoisotopic (exact) mass is 310 g/mol. The van der Waals surface area contributed by atoms with Gasteiger partial charge in [0.15, 0.2) is 5.78 Å². The van der Waals surface area contributed by atoms with Gasteiger partial charge in [-0.05, 0) is 35.0 Å². The number of ether oxygens (including phenoxy) is 1. The lowest BCUT2D eigenvalue weighted by Crippen LogP contribution is -2.03. The third-order valence-corrected chi connectivity index (χ3v) is 4.16. The summed E-state index contributed by atoms with van der Waals surface area (Å²) < 4.78 is 6.06. The Morgan fingerprint density at radius 2 is 2.06 bits per heavy atom. The number of aryl methyl sites for hydroxylation is 1. The summed E-state index contributed by atoms with van der Waals surface area (Å²) in [5, 5.41) is 3.74.